The number of Topliss-reactive ketones (excluding diaryl/α,β-unsaturated/α-hetero) is 1. The van der Waals surface area contributed by atoms with Gasteiger partial charge in [-0.2, -0.15) is 0 Å². The summed E-state index contributed by atoms with van der Waals surface area (Å²) < 4.78 is 11.7. The summed E-state index contributed by atoms with van der Waals surface area (Å²) in [5.41, 5.74) is 0. The Morgan fingerprint density at radius 3 is 2.65 bits per heavy atom. The molecule has 4 heteroatoms. The van der Waals surface area contributed by atoms with Crippen LogP contribution < -0.4 is 9.47 Å². The van der Waals surface area contributed by atoms with E-state index in [2.05, 4.69) is 0 Å². The molecule has 1 aliphatic heterocycles. The molecule has 0 saturated carbocycles. The van der Waals surface area contributed by atoms with Crippen LogP contribution in [0.2, 0.25) is 0 Å². The summed E-state index contributed by atoms with van der Waals surface area (Å²) in [5, 5.41) is 1.04. The topological polar surface area (TPSA) is 35.5 Å². The summed E-state index contributed by atoms with van der Waals surface area (Å²) in [7, 11) is 0. The van der Waals surface area contributed by atoms with E-state index < -0.39 is 0 Å². The number of carbonyl (C=O) groups is 1. The minimum absolute atomic E-state index is 0.0300. The molecule has 2 heterocycles. The number of benzene rings is 1. The van der Waals surface area contributed by atoms with Crippen LogP contribution in [0.15, 0.2) is 18.2 Å². The third-order valence-electron chi connectivity index (χ3n) is 2.78. The van der Waals surface area contributed by atoms with E-state index in [-0.39, 0.29) is 18.5 Å². The van der Waals surface area contributed by atoms with E-state index in [0.29, 0.717) is 0 Å². The smallest absolute Gasteiger partial charge is 0.231 e. The van der Waals surface area contributed by atoms with Crippen LogP contribution in [-0.2, 0) is 0 Å². The Morgan fingerprint density at radius 2 is 1.94 bits per heavy atom. The zero-order chi connectivity index (χ0) is 12.0. The molecule has 0 radical (unpaired) electrons. The van der Waals surface area contributed by atoms with Gasteiger partial charge in [-0.15, -0.1) is 11.3 Å². The minimum Gasteiger partial charge on any atom is -0.454 e. The molecule has 0 fully saturated rings. The van der Waals surface area contributed by atoms with Crippen molar-refractivity contribution in [3.05, 3.63) is 23.1 Å². The van der Waals surface area contributed by atoms with Crippen LogP contribution in [0.3, 0.4) is 0 Å². The predicted octanol–water partition coefficient (Wildman–Crippen LogP) is 3.47. The monoisotopic (exact) mass is 248 g/mol. The number of hydrogen-bond donors (Lipinski definition) is 0. The number of ketones is 1. The van der Waals surface area contributed by atoms with Crippen LogP contribution >= 0.6 is 11.3 Å². The molecule has 0 N–H and O–H groups in total. The van der Waals surface area contributed by atoms with Gasteiger partial charge in [-0.1, -0.05) is 13.8 Å². The van der Waals surface area contributed by atoms with Crippen LogP contribution in [0.4, 0.5) is 0 Å². The predicted molar refractivity (Wildman–Crippen MR) is 67.1 cm³/mol. The van der Waals surface area contributed by atoms with E-state index in [1.807, 2.05) is 32.0 Å². The van der Waals surface area contributed by atoms with E-state index in [1.54, 1.807) is 0 Å². The van der Waals surface area contributed by atoms with Crippen LogP contribution in [-0.4, -0.2) is 12.6 Å². The van der Waals surface area contributed by atoms with Gasteiger partial charge < -0.3 is 9.47 Å². The van der Waals surface area contributed by atoms with Crippen molar-refractivity contribution in [3.63, 3.8) is 0 Å². The SMILES string of the molecule is CC(C)C(=O)c1cc2cc3c(cc2s1)OCO3. The third kappa shape index (κ3) is 1.69. The molecule has 3 rings (SSSR count). The highest BCUT2D eigenvalue weighted by molar-refractivity contribution is 7.20. The van der Waals surface area contributed by atoms with Gasteiger partial charge in [0, 0.05) is 16.7 Å². The number of ether oxygens (including phenoxy) is 2. The van der Waals surface area contributed by atoms with Crippen molar-refractivity contribution in [2.24, 2.45) is 5.92 Å². The molecule has 17 heavy (non-hydrogen) atoms. The van der Waals surface area contributed by atoms with Crippen molar-refractivity contribution in [2.45, 2.75) is 13.8 Å². The van der Waals surface area contributed by atoms with Crippen LogP contribution in [0.1, 0.15) is 23.5 Å². The lowest BCUT2D eigenvalue weighted by atomic mass is 10.1. The summed E-state index contributed by atoms with van der Waals surface area (Å²) >= 11 is 1.51. The van der Waals surface area contributed by atoms with Crippen molar-refractivity contribution < 1.29 is 14.3 Å². The van der Waals surface area contributed by atoms with Gasteiger partial charge in [0.25, 0.3) is 0 Å². The Kier molecular flexibility index (Phi) is 2.33. The zero-order valence-electron chi connectivity index (χ0n) is 9.65. The van der Waals surface area contributed by atoms with E-state index in [4.69, 9.17) is 9.47 Å². The molecule has 0 bridgehead atoms. The molecule has 0 atom stereocenters. The van der Waals surface area contributed by atoms with Gasteiger partial charge in [-0.05, 0) is 17.5 Å². The van der Waals surface area contributed by atoms with Crippen molar-refractivity contribution in [1.82, 2.24) is 0 Å². The Balaban J connectivity index is 2.11. The minimum atomic E-state index is 0.0300. The van der Waals surface area contributed by atoms with Gasteiger partial charge in [0.05, 0.1) is 4.88 Å². The maximum atomic E-state index is 11.9. The molecule has 0 aliphatic carbocycles. The third-order valence-corrected chi connectivity index (χ3v) is 3.89. The van der Waals surface area contributed by atoms with Crippen molar-refractivity contribution in [1.29, 1.82) is 0 Å². The van der Waals surface area contributed by atoms with Gasteiger partial charge in [0.15, 0.2) is 17.3 Å². The molecular weight excluding hydrogens is 236 g/mol. The maximum Gasteiger partial charge on any atom is 0.231 e. The fourth-order valence-electron chi connectivity index (χ4n) is 1.84. The molecule has 0 amide bonds. The van der Waals surface area contributed by atoms with Crippen LogP contribution in [0, 0.1) is 5.92 Å². The van der Waals surface area contributed by atoms with E-state index in [1.165, 1.54) is 11.3 Å². The van der Waals surface area contributed by atoms with Crippen molar-refractivity contribution in [2.75, 3.05) is 6.79 Å². The first-order chi connectivity index (χ1) is 8.15. The Morgan fingerprint density at radius 1 is 1.24 bits per heavy atom. The van der Waals surface area contributed by atoms with E-state index in [9.17, 15) is 4.79 Å². The van der Waals surface area contributed by atoms with Crippen LogP contribution in [0.5, 0.6) is 11.5 Å². The normalized spacial score (nSPS) is 13.6. The first-order valence-corrected chi connectivity index (χ1v) is 6.34. The maximum absolute atomic E-state index is 11.9. The number of rotatable bonds is 2. The second kappa shape index (κ2) is 3.74. The summed E-state index contributed by atoms with van der Waals surface area (Å²) in [5.74, 6) is 1.75. The molecule has 1 aromatic carbocycles. The molecule has 0 unspecified atom stereocenters. The average Bonchev–Trinajstić information content (AvgIpc) is 2.88. The summed E-state index contributed by atoms with van der Waals surface area (Å²) in [4.78, 5) is 12.7. The lowest BCUT2D eigenvalue weighted by Gasteiger charge is -1.98. The lowest BCUT2D eigenvalue weighted by Crippen LogP contribution is -2.04. The molecule has 2 aromatic rings. The quantitative estimate of drug-likeness (QED) is 0.763. The molecule has 1 aliphatic rings. The van der Waals surface area contributed by atoms with Gasteiger partial charge in [0.2, 0.25) is 6.79 Å². The number of fused-ring (bicyclic) bond motifs is 2. The average molecular weight is 248 g/mol. The Hall–Kier alpha value is -1.55. The number of carbonyl (C=O) groups excluding carboxylic acids is 1. The van der Waals surface area contributed by atoms with Crippen molar-refractivity contribution >= 4 is 27.2 Å². The van der Waals surface area contributed by atoms with Crippen LogP contribution in [0.25, 0.3) is 10.1 Å². The van der Waals surface area contributed by atoms with E-state index in [0.717, 1.165) is 26.5 Å². The lowest BCUT2D eigenvalue weighted by molar-refractivity contribution is 0.0943. The molecule has 3 nitrogen and oxygen atoms in total. The highest BCUT2D eigenvalue weighted by atomic mass is 32.1. The molecule has 0 spiro atoms. The summed E-state index contributed by atoms with van der Waals surface area (Å²) in [6, 6.07) is 5.81. The fourth-order valence-corrected chi connectivity index (χ4v) is 3.00. The molecule has 88 valence electrons. The highest BCUT2D eigenvalue weighted by Crippen LogP contribution is 2.39. The Bertz CT molecular complexity index is 557. The summed E-state index contributed by atoms with van der Waals surface area (Å²) in [6.07, 6.45) is 0. The van der Waals surface area contributed by atoms with Crippen molar-refractivity contribution in [3.8, 4) is 11.5 Å². The van der Waals surface area contributed by atoms with E-state index >= 15 is 0 Å². The molecule has 1 aromatic heterocycles. The first-order valence-electron chi connectivity index (χ1n) is 5.52. The second-order valence-corrected chi connectivity index (χ2v) is 5.46. The largest absolute Gasteiger partial charge is 0.454 e. The summed E-state index contributed by atoms with van der Waals surface area (Å²) in [6.45, 7) is 4.11. The highest BCUT2D eigenvalue weighted by Gasteiger charge is 2.18. The van der Waals surface area contributed by atoms with Gasteiger partial charge in [-0.3, -0.25) is 4.79 Å². The molecular formula is C13H12O3S. The number of thiophene rings is 1. The second-order valence-electron chi connectivity index (χ2n) is 4.37. The molecule has 0 saturated heterocycles. The standard InChI is InChI=1S/C13H12O3S/c1-7(2)13(14)12-4-8-3-9-10(16-6-15-9)5-11(8)17-12/h3-5,7H,6H2,1-2H3. The van der Waals surface area contributed by atoms with Gasteiger partial charge in [0.1, 0.15) is 0 Å². The Labute approximate surface area is 103 Å². The zero-order valence-corrected chi connectivity index (χ0v) is 10.5. The van der Waals surface area contributed by atoms with Gasteiger partial charge >= 0.3 is 0 Å². The fraction of sp³-hybridized carbons (Fsp3) is 0.308. The first kappa shape index (κ1) is 10.6. The number of hydrogen-bond acceptors (Lipinski definition) is 4. The van der Waals surface area contributed by atoms with Gasteiger partial charge in [-0.25, -0.2) is 0 Å².